The molecule has 0 aliphatic carbocycles. The number of piperidine rings is 1. The summed E-state index contributed by atoms with van der Waals surface area (Å²) in [4.78, 5) is 14.6. The van der Waals surface area contributed by atoms with Crippen LogP contribution in [-0.4, -0.2) is 41.3 Å². The highest BCUT2D eigenvalue weighted by atomic mass is 16.5. The Kier molecular flexibility index (Phi) is 2.88. The van der Waals surface area contributed by atoms with Gasteiger partial charge in [-0.2, -0.15) is 0 Å². The number of rotatable bonds is 1. The number of ether oxygens (including phenoxy) is 1. The maximum absolute atomic E-state index is 5.55. The van der Waals surface area contributed by atoms with Gasteiger partial charge in [-0.25, -0.2) is 9.97 Å². The molecule has 0 atom stereocenters. The average Bonchev–Trinajstić information content (AvgIpc) is 2.96. The zero-order chi connectivity index (χ0) is 13.4. The zero-order valence-corrected chi connectivity index (χ0v) is 11.6. The largest absolute Gasteiger partial charge is 0.381 e. The van der Waals surface area contributed by atoms with Crippen molar-refractivity contribution in [2.45, 2.75) is 25.7 Å². The number of aromatic nitrogens is 3. The monoisotopic (exact) mass is 272 g/mol. The van der Waals surface area contributed by atoms with Gasteiger partial charge < -0.3 is 14.6 Å². The van der Waals surface area contributed by atoms with Crippen LogP contribution in [0.4, 0.5) is 5.82 Å². The van der Waals surface area contributed by atoms with E-state index in [1.165, 1.54) is 25.7 Å². The van der Waals surface area contributed by atoms with Crippen LogP contribution < -0.4 is 4.90 Å². The van der Waals surface area contributed by atoms with Crippen molar-refractivity contribution in [3.05, 3.63) is 18.6 Å². The maximum atomic E-state index is 5.55. The van der Waals surface area contributed by atoms with Crippen molar-refractivity contribution < 1.29 is 4.74 Å². The topological polar surface area (TPSA) is 54.0 Å². The molecule has 2 aromatic heterocycles. The summed E-state index contributed by atoms with van der Waals surface area (Å²) in [5, 5.41) is 0. The Bertz CT molecular complexity index is 597. The van der Waals surface area contributed by atoms with E-state index >= 15 is 0 Å². The number of hydrogen-bond donors (Lipinski definition) is 1. The molecule has 0 saturated carbocycles. The molecule has 0 amide bonds. The Morgan fingerprint density at radius 2 is 2.10 bits per heavy atom. The minimum Gasteiger partial charge on any atom is -0.381 e. The van der Waals surface area contributed by atoms with Crippen molar-refractivity contribution in [2.75, 3.05) is 31.2 Å². The van der Waals surface area contributed by atoms with E-state index in [-0.39, 0.29) is 0 Å². The smallest absolute Gasteiger partial charge is 0.156 e. The average molecular weight is 272 g/mol. The third-order valence-corrected chi connectivity index (χ3v) is 4.84. The highest BCUT2D eigenvalue weighted by molar-refractivity contribution is 5.85. The second-order valence-corrected chi connectivity index (χ2v) is 6.07. The molecule has 0 radical (unpaired) electrons. The Morgan fingerprint density at radius 1 is 1.20 bits per heavy atom. The Morgan fingerprint density at radius 3 is 3.00 bits per heavy atom. The number of H-pyrrole nitrogens is 1. The predicted molar refractivity (Wildman–Crippen MR) is 77.8 cm³/mol. The van der Waals surface area contributed by atoms with Crippen molar-refractivity contribution in [3.63, 3.8) is 0 Å². The molecule has 5 nitrogen and oxygen atoms in total. The molecule has 0 bridgehead atoms. The summed E-state index contributed by atoms with van der Waals surface area (Å²) in [6.07, 6.45) is 8.55. The summed E-state index contributed by atoms with van der Waals surface area (Å²) in [7, 11) is 0. The fourth-order valence-electron chi connectivity index (χ4n) is 3.70. The van der Waals surface area contributed by atoms with Gasteiger partial charge in [-0.15, -0.1) is 0 Å². The van der Waals surface area contributed by atoms with Gasteiger partial charge in [0.1, 0.15) is 11.8 Å². The molecule has 2 aliphatic rings. The first-order chi connectivity index (χ1) is 9.86. The third kappa shape index (κ3) is 1.97. The number of anilines is 1. The Balaban J connectivity index is 1.66. The van der Waals surface area contributed by atoms with Crippen LogP contribution in [0.5, 0.6) is 0 Å². The van der Waals surface area contributed by atoms with Crippen LogP contribution in [0, 0.1) is 5.41 Å². The summed E-state index contributed by atoms with van der Waals surface area (Å²) in [5.41, 5.74) is 2.50. The van der Waals surface area contributed by atoms with Crippen LogP contribution in [0.15, 0.2) is 18.6 Å². The second-order valence-electron chi connectivity index (χ2n) is 6.07. The quantitative estimate of drug-likeness (QED) is 0.866. The van der Waals surface area contributed by atoms with Crippen molar-refractivity contribution in [1.82, 2.24) is 15.0 Å². The number of hydrogen-bond acceptors (Lipinski definition) is 4. The van der Waals surface area contributed by atoms with Crippen LogP contribution in [0.2, 0.25) is 0 Å². The summed E-state index contributed by atoms with van der Waals surface area (Å²) in [6, 6.07) is 2.01. The molecule has 1 N–H and O–H groups in total. The van der Waals surface area contributed by atoms with E-state index in [9.17, 15) is 0 Å². The van der Waals surface area contributed by atoms with Crippen LogP contribution >= 0.6 is 0 Å². The van der Waals surface area contributed by atoms with E-state index in [0.717, 1.165) is 43.2 Å². The van der Waals surface area contributed by atoms with Gasteiger partial charge in [0, 0.05) is 32.5 Å². The van der Waals surface area contributed by atoms with Gasteiger partial charge in [-0.05, 0) is 37.2 Å². The molecule has 20 heavy (non-hydrogen) atoms. The molecule has 4 heterocycles. The first-order valence-corrected chi connectivity index (χ1v) is 7.47. The van der Waals surface area contributed by atoms with E-state index in [2.05, 4.69) is 19.9 Å². The van der Waals surface area contributed by atoms with E-state index < -0.39 is 0 Å². The second kappa shape index (κ2) is 4.74. The molecule has 2 saturated heterocycles. The minimum atomic E-state index is 0.431. The summed E-state index contributed by atoms with van der Waals surface area (Å²) >= 11 is 0. The lowest BCUT2D eigenvalue weighted by Gasteiger charge is -2.45. The molecule has 4 rings (SSSR count). The Labute approximate surface area is 118 Å². The standard InChI is InChI=1S/C15H20N4O/c1-3-15(4-8-20-9-5-15)10-19(7-1)14-13-12(2-6-16-13)17-11-18-14/h2,6,11,16H,1,3-5,7-10H2. The van der Waals surface area contributed by atoms with Gasteiger partial charge >= 0.3 is 0 Å². The highest BCUT2D eigenvalue weighted by Crippen LogP contribution is 2.40. The lowest BCUT2D eigenvalue weighted by atomic mass is 9.74. The number of fused-ring (bicyclic) bond motifs is 1. The molecular formula is C15H20N4O. The van der Waals surface area contributed by atoms with E-state index in [1.807, 2.05) is 12.3 Å². The first-order valence-electron chi connectivity index (χ1n) is 7.47. The van der Waals surface area contributed by atoms with Crippen LogP contribution in [-0.2, 0) is 4.74 Å². The summed E-state index contributed by atoms with van der Waals surface area (Å²) in [6.45, 7) is 4.01. The van der Waals surface area contributed by atoms with Crippen molar-refractivity contribution in [3.8, 4) is 0 Å². The number of nitrogens with zero attached hydrogens (tertiary/aromatic N) is 3. The Hall–Kier alpha value is -1.62. The first kappa shape index (κ1) is 12.1. The van der Waals surface area contributed by atoms with Gasteiger partial charge in [0.2, 0.25) is 0 Å². The molecule has 2 aromatic rings. The highest BCUT2D eigenvalue weighted by Gasteiger charge is 2.37. The predicted octanol–water partition coefficient (Wildman–Crippen LogP) is 2.35. The molecule has 5 heteroatoms. The van der Waals surface area contributed by atoms with Gasteiger partial charge in [-0.3, -0.25) is 0 Å². The molecule has 0 aromatic carbocycles. The fraction of sp³-hybridized carbons (Fsp3) is 0.600. The van der Waals surface area contributed by atoms with Gasteiger partial charge in [0.05, 0.1) is 5.52 Å². The fourth-order valence-corrected chi connectivity index (χ4v) is 3.70. The van der Waals surface area contributed by atoms with Crippen molar-refractivity contribution in [1.29, 1.82) is 0 Å². The lowest BCUT2D eigenvalue weighted by Crippen LogP contribution is -2.46. The zero-order valence-electron chi connectivity index (χ0n) is 11.6. The van der Waals surface area contributed by atoms with Crippen molar-refractivity contribution >= 4 is 16.9 Å². The molecule has 2 aliphatic heterocycles. The minimum absolute atomic E-state index is 0.431. The lowest BCUT2D eigenvalue weighted by molar-refractivity contribution is 0.00750. The normalized spacial score (nSPS) is 22.5. The van der Waals surface area contributed by atoms with Crippen molar-refractivity contribution in [2.24, 2.45) is 5.41 Å². The van der Waals surface area contributed by atoms with Crippen LogP contribution in [0.1, 0.15) is 25.7 Å². The SMILES string of the molecule is c1nc(N2CCCC3(CCOCC3)C2)c2[nH]ccc2n1. The molecule has 0 unspecified atom stereocenters. The third-order valence-electron chi connectivity index (χ3n) is 4.84. The van der Waals surface area contributed by atoms with Crippen LogP contribution in [0.3, 0.4) is 0 Å². The molecular weight excluding hydrogens is 252 g/mol. The van der Waals surface area contributed by atoms with Crippen LogP contribution in [0.25, 0.3) is 11.0 Å². The molecule has 2 fully saturated rings. The maximum Gasteiger partial charge on any atom is 0.156 e. The molecule has 106 valence electrons. The van der Waals surface area contributed by atoms with E-state index in [0.29, 0.717) is 5.41 Å². The summed E-state index contributed by atoms with van der Waals surface area (Å²) in [5.74, 6) is 1.06. The van der Waals surface area contributed by atoms with Gasteiger partial charge in [0.15, 0.2) is 5.82 Å². The van der Waals surface area contributed by atoms with E-state index in [4.69, 9.17) is 4.74 Å². The number of aromatic amines is 1. The van der Waals surface area contributed by atoms with Gasteiger partial charge in [0.25, 0.3) is 0 Å². The van der Waals surface area contributed by atoms with E-state index in [1.54, 1.807) is 6.33 Å². The number of nitrogens with one attached hydrogen (secondary N) is 1. The summed E-state index contributed by atoms with van der Waals surface area (Å²) < 4.78 is 5.55. The van der Waals surface area contributed by atoms with Gasteiger partial charge in [-0.1, -0.05) is 0 Å². The molecule has 1 spiro atoms.